The molecule has 1 saturated carbocycles. The molecule has 1 aliphatic heterocycles. The molecule has 0 aromatic heterocycles. The van der Waals surface area contributed by atoms with Crippen LogP contribution in [0.3, 0.4) is 0 Å². The lowest BCUT2D eigenvalue weighted by molar-refractivity contribution is -0.0886. The third-order valence-corrected chi connectivity index (χ3v) is 9.45. The van der Waals surface area contributed by atoms with Crippen LogP contribution in [0.4, 0.5) is 13.2 Å². The Morgan fingerprint density at radius 1 is 1.19 bits per heavy atom. The van der Waals surface area contributed by atoms with E-state index in [1.807, 2.05) is 0 Å². The van der Waals surface area contributed by atoms with Gasteiger partial charge in [0.1, 0.15) is 28.8 Å². The summed E-state index contributed by atoms with van der Waals surface area (Å²) in [5.41, 5.74) is -2.62. The first-order valence-electron chi connectivity index (χ1n) is 9.43. The zero-order chi connectivity index (χ0) is 22.4. The van der Waals surface area contributed by atoms with Gasteiger partial charge in [0.05, 0.1) is 10.5 Å². The van der Waals surface area contributed by atoms with Gasteiger partial charge < -0.3 is 9.84 Å². The number of sulfone groups is 1. The van der Waals surface area contributed by atoms with Crippen molar-refractivity contribution >= 4 is 33.4 Å². The third-order valence-electron chi connectivity index (χ3n) is 5.99. The van der Waals surface area contributed by atoms with Gasteiger partial charge in [-0.3, -0.25) is 4.72 Å². The molecule has 0 amide bonds. The topological polar surface area (TPSA) is 75.6 Å². The van der Waals surface area contributed by atoms with Crippen LogP contribution in [0.1, 0.15) is 24.8 Å². The minimum Gasteiger partial charge on any atom is -0.487 e. The summed E-state index contributed by atoms with van der Waals surface area (Å²) in [6.07, 6.45) is -0.213. The molecule has 11 heteroatoms. The summed E-state index contributed by atoms with van der Waals surface area (Å²) in [6.45, 7) is -0.564. The Morgan fingerprint density at radius 2 is 1.87 bits per heavy atom. The summed E-state index contributed by atoms with van der Waals surface area (Å²) >= 11 is 6.67. The van der Waals surface area contributed by atoms with E-state index in [1.54, 1.807) is 0 Å². The normalized spacial score (nSPS) is 27.8. The van der Waals surface area contributed by atoms with Crippen LogP contribution in [0.2, 0.25) is 5.02 Å². The molecule has 1 fully saturated rings. The number of hydrogen-bond acceptors (Lipinski definition) is 6. The zero-order valence-corrected chi connectivity index (χ0v) is 18.5. The van der Waals surface area contributed by atoms with Gasteiger partial charge in [-0.05, 0) is 67.6 Å². The minimum atomic E-state index is -4.46. The number of rotatable bonds is 5. The number of benzene rings is 2. The number of alkyl halides is 1. The van der Waals surface area contributed by atoms with Gasteiger partial charge in [0.2, 0.25) is 0 Å². The molecule has 0 saturated heterocycles. The zero-order valence-electron chi connectivity index (χ0n) is 16.1. The van der Waals surface area contributed by atoms with E-state index in [1.165, 1.54) is 24.3 Å². The molecular formula is C20H19ClF3NO4S2. The van der Waals surface area contributed by atoms with Gasteiger partial charge in [-0.25, -0.2) is 21.6 Å². The highest BCUT2D eigenvalue weighted by atomic mass is 35.5. The molecule has 1 unspecified atom stereocenters. The quantitative estimate of drug-likeness (QED) is 0.610. The predicted octanol–water partition coefficient (Wildman–Crippen LogP) is 4.13. The monoisotopic (exact) mass is 493 g/mol. The van der Waals surface area contributed by atoms with E-state index in [2.05, 4.69) is 4.72 Å². The summed E-state index contributed by atoms with van der Waals surface area (Å²) in [5, 5.41) is 12.0. The fourth-order valence-corrected chi connectivity index (χ4v) is 7.65. The van der Waals surface area contributed by atoms with Crippen molar-refractivity contribution in [1.82, 2.24) is 4.72 Å². The van der Waals surface area contributed by atoms with Gasteiger partial charge >= 0.3 is 0 Å². The molecule has 2 N–H and O–H groups in total. The van der Waals surface area contributed by atoms with Gasteiger partial charge in [-0.2, -0.15) is 0 Å². The molecule has 0 spiro atoms. The molecule has 1 aliphatic carbocycles. The molecule has 4 rings (SSSR count). The summed E-state index contributed by atoms with van der Waals surface area (Å²) < 4.78 is 76.3. The van der Waals surface area contributed by atoms with Crippen molar-refractivity contribution in [1.29, 1.82) is 0 Å². The molecule has 2 aliphatic rings. The highest BCUT2D eigenvalue weighted by molar-refractivity contribution is 7.97. The average Bonchev–Trinajstić information content (AvgIpc) is 2.74. The Morgan fingerprint density at radius 3 is 2.55 bits per heavy atom. The number of halogens is 4. The van der Waals surface area contributed by atoms with E-state index >= 15 is 4.39 Å². The smallest absolute Gasteiger partial charge is 0.191 e. The van der Waals surface area contributed by atoms with Crippen LogP contribution >= 0.6 is 23.5 Å². The Kier molecular flexibility index (Phi) is 5.97. The Labute approximate surface area is 187 Å². The minimum absolute atomic E-state index is 0.164. The van der Waals surface area contributed by atoms with Crippen molar-refractivity contribution in [2.24, 2.45) is 0 Å². The number of ether oxygens (including phenoxy) is 1. The highest BCUT2D eigenvalue weighted by Crippen LogP contribution is 2.58. The van der Waals surface area contributed by atoms with Crippen molar-refractivity contribution in [3.8, 4) is 5.75 Å². The highest BCUT2D eigenvalue weighted by Gasteiger charge is 2.67. The first-order chi connectivity index (χ1) is 14.7. The number of aliphatic hydroxyl groups is 1. The Balaban J connectivity index is 1.96. The van der Waals surface area contributed by atoms with Crippen LogP contribution < -0.4 is 9.46 Å². The van der Waals surface area contributed by atoms with Crippen LogP contribution in [-0.4, -0.2) is 37.8 Å². The number of hydrogen-bond donors (Lipinski definition) is 2. The van der Waals surface area contributed by atoms with Crippen LogP contribution in [0.25, 0.3) is 0 Å². The fourth-order valence-electron chi connectivity index (χ4n) is 4.64. The SMILES string of the molecule is O=S(=O)(c1ccc(Cl)cc1)C12CC[C@@H](NSCF)C[C@]1(O)COc1c(F)ccc(F)c12. The molecule has 168 valence electrons. The van der Waals surface area contributed by atoms with E-state index < -0.39 is 61.8 Å². The standard InChI is InChI=1S/C20H19ClF3NO4S2/c21-12-1-3-14(4-2-12)31(27,28)20-8-7-13(25-30-11-22)9-19(20,26)10-29-18-16(24)6-5-15(23)17(18)20/h1-6,13,25-26H,7-11H2/t13-,19+,20?/m1/s1. The number of fused-ring (bicyclic) bond motifs is 3. The summed E-state index contributed by atoms with van der Waals surface area (Å²) in [7, 11) is -4.46. The number of nitrogens with one attached hydrogen (secondary N) is 1. The second kappa shape index (κ2) is 8.15. The summed E-state index contributed by atoms with van der Waals surface area (Å²) in [4.78, 5) is -0.184. The molecule has 3 atom stereocenters. The lowest BCUT2D eigenvalue weighted by Crippen LogP contribution is -2.66. The molecule has 31 heavy (non-hydrogen) atoms. The molecule has 1 heterocycles. The maximum atomic E-state index is 15.1. The largest absolute Gasteiger partial charge is 0.487 e. The van der Waals surface area contributed by atoms with Crippen LogP contribution in [0, 0.1) is 11.6 Å². The van der Waals surface area contributed by atoms with E-state index in [0.29, 0.717) is 5.02 Å². The molecule has 2 aromatic carbocycles. The maximum Gasteiger partial charge on any atom is 0.191 e. The van der Waals surface area contributed by atoms with E-state index in [4.69, 9.17) is 16.3 Å². The summed E-state index contributed by atoms with van der Waals surface area (Å²) in [6, 6.07) is 5.78. The van der Waals surface area contributed by atoms with Crippen molar-refractivity contribution < 1.29 is 31.4 Å². The van der Waals surface area contributed by atoms with Crippen molar-refractivity contribution in [3.63, 3.8) is 0 Å². The van der Waals surface area contributed by atoms with E-state index in [9.17, 15) is 22.3 Å². The second-order valence-electron chi connectivity index (χ2n) is 7.65. The van der Waals surface area contributed by atoms with Crippen LogP contribution in [0.15, 0.2) is 41.3 Å². The van der Waals surface area contributed by atoms with E-state index in [0.717, 1.165) is 24.1 Å². The van der Waals surface area contributed by atoms with E-state index in [-0.39, 0.29) is 24.2 Å². The van der Waals surface area contributed by atoms with Gasteiger partial charge in [0, 0.05) is 11.1 Å². The second-order valence-corrected chi connectivity index (χ2v) is 11.0. The van der Waals surface area contributed by atoms with Gasteiger partial charge in [-0.15, -0.1) is 0 Å². The molecule has 0 radical (unpaired) electrons. The average molecular weight is 494 g/mol. The maximum absolute atomic E-state index is 15.1. The molecular weight excluding hydrogens is 475 g/mol. The molecule has 5 nitrogen and oxygen atoms in total. The van der Waals surface area contributed by atoms with Gasteiger partial charge in [-0.1, -0.05) is 11.6 Å². The van der Waals surface area contributed by atoms with Crippen LogP contribution in [-0.2, 0) is 14.6 Å². The van der Waals surface area contributed by atoms with Crippen molar-refractivity contribution in [3.05, 3.63) is 58.6 Å². The van der Waals surface area contributed by atoms with Crippen molar-refractivity contribution in [2.75, 3.05) is 12.6 Å². The summed E-state index contributed by atoms with van der Waals surface area (Å²) in [5.74, 6) is -2.43. The van der Waals surface area contributed by atoms with Crippen molar-refractivity contribution in [2.45, 2.75) is 40.5 Å². The Hall–Kier alpha value is -1.46. The first-order valence-corrected chi connectivity index (χ1v) is 12.3. The van der Waals surface area contributed by atoms with Gasteiger partial charge in [0.25, 0.3) is 0 Å². The Bertz CT molecular complexity index is 1100. The lowest BCUT2D eigenvalue weighted by atomic mass is 9.68. The molecule has 0 bridgehead atoms. The molecule has 2 aromatic rings. The predicted molar refractivity (Wildman–Crippen MR) is 111 cm³/mol. The van der Waals surface area contributed by atoms with Gasteiger partial charge in [0.15, 0.2) is 21.4 Å². The fraction of sp³-hybridized carbons (Fsp3) is 0.400. The van der Waals surface area contributed by atoms with Crippen LogP contribution in [0.5, 0.6) is 5.75 Å². The lowest BCUT2D eigenvalue weighted by Gasteiger charge is -2.54. The third kappa shape index (κ3) is 3.43. The first kappa shape index (κ1) is 22.7.